The summed E-state index contributed by atoms with van der Waals surface area (Å²) in [6, 6.07) is 12.3. The van der Waals surface area contributed by atoms with Gasteiger partial charge in [-0.05, 0) is 54.8 Å². The zero-order valence-corrected chi connectivity index (χ0v) is 19.3. The van der Waals surface area contributed by atoms with E-state index in [0.29, 0.717) is 30.4 Å². The third kappa shape index (κ3) is 5.29. The van der Waals surface area contributed by atoms with Gasteiger partial charge in [-0.15, -0.1) is 0 Å². The maximum absolute atomic E-state index is 12.0. The molecule has 0 spiro atoms. The van der Waals surface area contributed by atoms with Gasteiger partial charge in [0.05, 0.1) is 4.90 Å². The van der Waals surface area contributed by atoms with Crippen molar-refractivity contribution >= 4 is 39.1 Å². The van der Waals surface area contributed by atoms with Crippen molar-refractivity contribution in [2.75, 3.05) is 17.2 Å². The van der Waals surface area contributed by atoms with Gasteiger partial charge in [-0.3, -0.25) is 4.79 Å². The molecule has 2 aromatic carbocycles. The number of carbonyl (C=O) groups excluding carboxylic acids is 1. The third-order valence-corrected chi connectivity index (χ3v) is 6.44. The number of sulfonamides is 1. The van der Waals surface area contributed by atoms with Gasteiger partial charge in [0.2, 0.25) is 21.9 Å². The van der Waals surface area contributed by atoms with E-state index in [1.807, 2.05) is 30.9 Å². The maximum atomic E-state index is 12.0. The van der Waals surface area contributed by atoms with Crippen molar-refractivity contribution in [2.24, 2.45) is 5.14 Å². The largest absolute Gasteiger partial charge is 0.340 e. The van der Waals surface area contributed by atoms with E-state index in [9.17, 15) is 13.2 Å². The summed E-state index contributed by atoms with van der Waals surface area (Å²) in [4.78, 5) is 22.7. The number of primary sulfonamides is 1. The normalized spacial score (nSPS) is 13.4. The second-order valence-electron chi connectivity index (χ2n) is 7.95. The first kappa shape index (κ1) is 22.7. The minimum absolute atomic E-state index is 0.00576. The molecule has 2 heterocycles. The lowest BCUT2D eigenvalue weighted by atomic mass is 9.98. The van der Waals surface area contributed by atoms with E-state index in [-0.39, 0.29) is 10.8 Å². The predicted molar refractivity (Wildman–Crippen MR) is 127 cm³/mol. The number of hydrogen-bond acceptors (Lipinski definition) is 7. The summed E-state index contributed by atoms with van der Waals surface area (Å²) in [5, 5.41) is 11.6. The van der Waals surface area contributed by atoms with Crippen LogP contribution in [0.1, 0.15) is 30.0 Å². The van der Waals surface area contributed by atoms with Crippen LogP contribution in [0.25, 0.3) is 0 Å². The highest BCUT2D eigenvalue weighted by molar-refractivity contribution is 7.89. The Morgan fingerprint density at radius 2 is 1.91 bits per heavy atom. The van der Waals surface area contributed by atoms with Crippen LogP contribution in [0.4, 0.5) is 23.1 Å². The fourth-order valence-electron chi connectivity index (χ4n) is 3.71. The van der Waals surface area contributed by atoms with Crippen molar-refractivity contribution in [1.29, 1.82) is 0 Å². The molecule has 10 heteroatoms. The summed E-state index contributed by atoms with van der Waals surface area (Å²) in [5.41, 5.74) is 4.63. The number of nitrogens with zero attached hydrogens (tertiary/aromatic N) is 3. The lowest BCUT2D eigenvalue weighted by Gasteiger charge is -2.29. The molecule has 0 unspecified atom stereocenters. The Bertz CT molecular complexity index is 1310. The van der Waals surface area contributed by atoms with Crippen LogP contribution in [0.15, 0.2) is 53.6 Å². The van der Waals surface area contributed by atoms with Crippen LogP contribution < -0.4 is 15.8 Å². The molecule has 0 saturated carbocycles. The van der Waals surface area contributed by atoms with Gasteiger partial charge < -0.3 is 15.5 Å². The van der Waals surface area contributed by atoms with Crippen LogP contribution in [-0.4, -0.2) is 35.7 Å². The standard InChI is InChI=1S/C23H26N6O3S/c1-3-21(30)29-10-9-16-11-19(8-7-17(16)14-29)26-22-15(2)13-25-23(28-22)27-18-5-4-6-20(12-18)33(24,31)32/h4-8,11-13H,3,9-10,14H2,1-2H3,(H2,24,31,32)(H2,25,26,27,28). The van der Waals surface area contributed by atoms with E-state index in [2.05, 4.69) is 26.7 Å². The number of nitrogens with one attached hydrogen (secondary N) is 2. The summed E-state index contributed by atoms with van der Waals surface area (Å²) in [5.74, 6) is 1.13. The van der Waals surface area contributed by atoms with Gasteiger partial charge in [0.25, 0.3) is 0 Å². The average Bonchev–Trinajstić information content (AvgIpc) is 2.80. The molecular weight excluding hydrogens is 440 g/mol. The first-order valence-electron chi connectivity index (χ1n) is 10.6. The van der Waals surface area contributed by atoms with Crippen molar-refractivity contribution in [1.82, 2.24) is 14.9 Å². The van der Waals surface area contributed by atoms with Crippen LogP contribution in [-0.2, 0) is 27.8 Å². The Hall–Kier alpha value is -3.50. The number of carbonyl (C=O) groups is 1. The van der Waals surface area contributed by atoms with Gasteiger partial charge in [-0.2, -0.15) is 4.98 Å². The van der Waals surface area contributed by atoms with E-state index >= 15 is 0 Å². The molecule has 0 saturated heterocycles. The number of nitrogens with two attached hydrogens (primary N) is 1. The molecule has 0 fully saturated rings. The Kier molecular flexibility index (Phi) is 6.30. The summed E-state index contributed by atoms with van der Waals surface area (Å²) < 4.78 is 23.2. The monoisotopic (exact) mass is 466 g/mol. The fourth-order valence-corrected chi connectivity index (χ4v) is 4.27. The molecule has 4 rings (SSSR count). The minimum atomic E-state index is -3.81. The third-order valence-electron chi connectivity index (χ3n) is 5.53. The van der Waals surface area contributed by atoms with E-state index < -0.39 is 10.0 Å². The van der Waals surface area contributed by atoms with Crippen molar-refractivity contribution < 1.29 is 13.2 Å². The smallest absolute Gasteiger partial charge is 0.238 e. The highest BCUT2D eigenvalue weighted by atomic mass is 32.2. The summed E-state index contributed by atoms with van der Waals surface area (Å²) in [6.45, 7) is 5.15. The quantitative estimate of drug-likeness (QED) is 0.508. The molecular formula is C23H26N6O3S. The predicted octanol–water partition coefficient (Wildman–Crippen LogP) is 3.21. The van der Waals surface area contributed by atoms with Gasteiger partial charge >= 0.3 is 0 Å². The van der Waals surface area contributed by atoms with Crippen molar-refractivity contribution in [2.45, 2.75) is 38.1 Å². The van der Waals surface area contributed by atoms with Gasteiger partial charge in [0.1, 0.15) is 5.82 Å². The number of anilines is 4. The Morgan fingerprint density at radius 1 is 1.12 bits per heavy atom. The van der Waals surface area contributed by atoms with Crippen molar-refractivity contribution in [3.63, 3.8) is 0 Å². The second kappa shape index (κ2) is 9.16. The molecule has 0 bridgehead atoms. The van der Waals surface area contributed by atoms with Crippen LogP contribution in [0.3, 0.4) is 0 Å². The lowest BCUT2D eigenvalue weighted by Crippen LogP contribution is -2.35. The summed E-state index contributed by atoms with van der Waals surface area (Å²) in [7, 11) is -3.81. The first-order chi connectivity index (χ1) is 15.7. The SMILES string of the molecule is CCC(=O)N1CCc2cc(Nc3nc(Nc4cccc(S(N)(=O)=O)c4)ncc3C)ccc2C1. The molecule has 0 aliphatic carbocycles. The molecule has 1 aromatic heterocycles. The molecule has 172 valence electrons. The fraction of sp³-hybridized carbons (Fsp3) is 0.261. The maximum Gasteiger partial charge on any atom is 0.238 e. The van der Waals surface area contributed by atoms with Crippen LogP contribution in [0.5, 0.6) is 0 Å². The van der Waals surface area contributed by atoms with Crippen LogP contribution in [0.2, 0.25) is 0 Å². The molecule has 1 aliphatic rings. The molecule has 1 aliphatic heterocycles. The molecule has 0 atom stereocenters. The number of aryl methyl sites for hydroxylation is 1. The molecule has 4 N–H and O–H groups in total. The molecule has 9 nitrogen and oxygen atoms in total. The van der Waals surface area contributed by atoms with Crippen LogP contribution >= 0.6 is 0 Å². The Balaban J connectivity index is 1.52. The number of fused-ring (bicyclic) bond motifs is 1. The van der Waals surface area contributed by atoms with E-state index in [4.69, 9.17) is 5.14 Å². The topological polar surface area (TPSA) is 130 Å². The number of amides is 1. The lowest BCUT2D eigenvalue weighted by molar-refractivity contribution is -0.131. The minimum Gasteiger partial charge on any atom is -0.340 e. The number of aromatic nitrogens is 2. The van der Waals surface area contributed by atoms with Gasteiger partial charge in [0, 0.05) is 42.6 Å². The van der Waals surface area contributed by atoms with Crippen LogP contribution in [0, 0.1) is 6.92 Å². The van der Waals surface area contributed by atoms with Gasteiger partial charge in [-0.25, -0.2) is 18.5 Å². The molecule has 0 radical (unpaired) electrons. The number of hydrogen-bond donors (Lipinski definition) is 3. The second-order valence-corrected chi connectivity index (χ2v) is 9.51. The van der Waals surface area contributed by atoms with E-state index in [0.717, 1.165) is 29.8 Å². The van der Waals surface area contributed by atoms with E-state index in [1.54, 1.807) is 18.3 Å². The Labute approximate surface area is 193 Å². The van der Waals surface area contributed by atoms with E-state index in [1.165, 1.54) is 17.7 Å². The summed E-state index contributed by atoms with van der Waals surface area (Å²) in [6.07, 6.45) is 3.02. The molecule has 3 aromatic rings. The van der Waals surface area contributed by atoms with Gasteiger partial charge in [0.15, 0.2) is 0 Å². The zero-order chi connectivity index (χ0) is 23.6. The number of benzene rings is 2. The molecule has 33 heavy (non-hydrogen) atoms. The molecule has 1 amide bonds. The highest BCUT2D eigenvalue weighted by Crippen LogP contribution is 2.26. The zero-order valence-electron chi connectivity index (χ0n) is 18.5. The van der Waals surface area contributed by atoms with Gasteiger partial charge in [-0.1, -0.05) is 19.1 Å². The van der Waals surface area contributed by atoms with Crippen molar-refractivity contribution in [3.05, 3.63) is 65.4 Å². The Morgan fingerprint density at radius 3 is 2.67 bits per heavy atom. The summed E-state index contributed by atoms with van der Waals surface area (Å²) >= 11 is 0. The number of rotatable bonds is 6. The van der Waals surface area contributed by atoms with Crippen molar-refractivity contribution in [3.8, 4) is 0 Å². The first-order valence-corrected chi connectivity index (χ1v) is 12.2. The highest BCUT2D eigenvalue weighted by Gasteiger charge is 2.20. The average molecular weight is 467 g/mol.